The van der Waals surface area contributed by atoms with E-state index in [1.807, 2.05) is 146 Å². The lowest BCUT2D eigenvalue weighted by Crippen LogP contribution is -2.27. The smallest absolute Gasteiger partial charge is 0.171 e. The van der Waals surface area contributed by atoms with E-state index in [1.54, 1.807) is 0 Å². The molecule has 0 saturated carbocycles. The topological polar surface area (TPSA) is 26.8 Å². The van der Waals surface area contributed by atoms with Crippen LogP contribution in [-0.4, -0.2) is 0 Å². The van der Waals surface area contributed by atoms with Gasteiger partial charge < -0.3 is 19.3 Å². The van der Waals surface area contributed by atoms with Crippen LogP contribution >= 0.6 is 7.14 Å². The van der Waals surface area contributed by atoms with Crippen LogP contribution in [0.2, 0.25) is 0 Å². The Labute approximate surface area is 346 Å². The SMILES string of the molecule is O=P(c1cccc(N(c2ccccc2)c2ccccc2)c1)(c1cccc(N(c2ccccc2)c2ccccc2)c1)c1cccc(N(c2ccccc2)c2ccccc2)c1. The maximum absolute atomic E-state index is 16.9. The molecular weight excluding hydrogens is 738 g/mol. The number of nitrogens with zero attached hydrogens (tertiary/aromatic N) is 3. The van der Waals surface area contributed by atoms with Crippen molar-refractivity contribution >= 4 is 74.2 Å². The lowest BCUT2D eigenvalue weighted by molar-refractivity contribution is 0.592. The predicted molar refractivity (Wildman–Crippen MR) is 250 cm³/mol. The van der Waals surface area contributed by atoms with Crippen molar-refractivity contribution < 1.29 is 4.57 Å². The first kappa shape index (κ1) is 37.2. The summed E-state index contributed by atoms with van der Waals surface area (Å²) in [6, 6.07) is 86.8. The molecule has 5 heteroatoms. The van der Waals surface area contributed by atoms with Crippen molar-refractivity contribution in [2.45, 2.75) is 0 Å². The van der Waals surface area contributed by atoms with E-state index in [9.17, 15) is 0 Å². The summed E-state index contributed by atoms with van der Waals surface area (Å²) < 4.78 is 16.9. The first-order valence-corrected chi connectivity index (χ1v) is 21.5. The highest BCUT2D eigenvalue weighted by Gasteiger charge is 2.32. The Morgan fingerprint density at radius 3 is 0.610 bits per heavy atom. The Morgan fingerprint density at radius 1 is 0.220 bits per heavy atom. The molecule has 0 amide bonds. The van der Waals surface area contributed by atoms with Crippen molar-refractivity contribution in [2.24, 2.45) is 0 Å². The molecule has 0 saturated heterocycles. The van der Waals surface area contributed by atoms with Gasteiger partial charge in [-0.1, -0.05) is 146 Å². The zero-order valence-corrected chi connectivity index (χ0v) is 33.3. The molecule has 0 atom stereocenters. The number of anilines is 9. The van der Waals surface area contributed by atoms with Crippen molar-refractivity contribution in [1.29, 1.82) is 0 Å². The van der Waals surface area contributed by atoms with Gasteiger partial charge in [0.2, 0.25) is 0 Å². The molecular formula is C54H42N3OP. The third kappa shape index (κ3) is 7.70. The quantitative estimate of drug-likeness (QED) is 0.115. The van der Waals surface area contributed by atoms with Gasteiger partial charge in [0.1, 0.15) is 0 Å². The molecule has 9 aromatic carbocycles. The van der Waals surface area contributed by atoms with Crippen molar-refractivity contribution in [3.63, 3.8) is 0 Å². The highest BCUT2D eigenvalue weighted by atomic mass is 31.2. The van der Waals surface area contributed by atoms with Crippen LogP contribution in [0.1, 0.15) is 0 Å². The molecule has 0 unspecified atom stereocenters. The highest BCUT2D eigenvalue weighted by molar-refractivity contribution is 7.85. The van der Waals surface area contributed by atoms with Crippen LogP contribution in [0.4, 0.5) is 51.2 Å². The number of rotatable bonds is 12. The van der Waals surface area contributed by atoms with E-state index in [2.05, 4.69) is 124 Å². The fourth-order valence-electron chi connectivity index (χ4n) is 7.74. The number of para-hydroxylation sites is 6. The van der Waals surface area contributed by atoms with Gasteiger partial charge in [-0.15, -0.1) is 0 Å². The molecule has 0 aromatic heterocycles. The largest absolute Gasteiger partial charge is 0.310 e. The van der Waals surface area contributed by atoms with E-state index < -0.39 is 7.14 Å². The molecule has 0 bridgehead atoms. The van der Waals surface area contributed by atoms with E-state index in [1.165, 1.54) is 0 Å². The molecule has 0 N–H and O–H groups in total. The van der Waals surface area contributed by atoms with Gasteiger partial charge in [0, 0.05) is 67.1 Å². The van der Waals surface area contributed by atoms with Gasteiger partial charge in [-0.2, -0.15) is 0 Å². The van der Waals surface area contributed by atoms with Crippen LogP contribution in [0.3, 0.4) is 0 Å². The minimum atomic E-state index is -3.61. The third-order valence-electron chi connectivity index (χ3n) is 10.4. The van der Waals surface area contributed by atoms with Gasteiger partial charge in [0.05, 0.1) is 0 Å². The van der Waals surface area contributed by atoms with Crippen LogP contribution < -0.4 is 30.6 Å². The highest BCUT2D eigenvalue weighted by Crippen LogP contribution is 2.47. The van der Waals surface area contributed by atoms with E-state index in [0.717, 1.165) is 67.1 Å². The van der Waals surface area contributed by atoms with Gasteiger partial charge in [-0.3, -0.25) is 0 Å². The maximum Gasteiger partial charge on any atom is 0.171 e. The summed E-state index contributed by atoms with van der Waals surface area (Å²) in [5, 5.41) is 2.20. The Balaban J connectivity index is 1.26. The third-order valence-corrected chi connectivity index (χ3v) is 13.5. The molecule has 0 fully saturated rings. The Morgan fingerprint density at radius 2 is 0.407 bits per heavy atom. The minimum absolute atomic E-state index is 0.734. The molecule has 0 aliphatic heterocycles. The Kier molecular flexibility index (Phi) is 10.7. The first-order valence-electron chi connectivity index (χ1n) is 19.8. The zero-order valence-electron chi connectivity index (χ0n) is 32.4. The van der Waals surface area contributed by atoms with Crippen LogP contribution in [0.5, 0.6) is 0 Å². The molecule has 4 nitrogen and oxygen atoms in total. The van der Waals surface area contributed by atoms with Gasteiger partial charge >= 0.3 is 0 Å². The molecule has 59 heavy (non-hydrogen) atoms. The molecule has 0 aliphatic rings. The molecule has 0 aliphatic carbocycles. The maximum atomic E-state index is 16.9. The summed E-state index contributed by atoms with van der Waals surface area (Å²) in [5.74, 6) is 0. The monoisotopic (exact) mass is 779 g/mol. The van der Waals surface area contributed by atoms with Crippen LogP contribution in [0, 0.1) is 0 Å². The second kappa shape index (κ2) is 17.0. The average Bonchev–Trinajstić information content (AvgIpc) is 3.31. The van der Waals surface area contributed by atoms with E-state index >= 15 is 4.57 Å². The summed E-state index contributed by atoms with van der Waals surface area (Å²) in [5.41, 5.74) is 8.81. The first-order chi connectivity index (χ1) is 29.2. The lowest BCUT2D eigenvalue weighted by atomic mass is 10.2. The lowest BCUT2D eigenvalue weighted by Gasteiger charge is -2.30. The van der Waals surface area contributed by atoms with Crippen molar-refractivity contribution in [1.82, 2.24) is 0 Å². The van der Waals surface area contributed by atoms with Crippen molar-refractivity contribution in [3.05, 3.63) is 255 Å². The standard InChI is InChI=1S/C54H42N3OP/c58-59(52-37-19-34-49(40-52)55(43-22-7-1-8-23-43)44-24-9-2-10-25-44,53-38-20-35-50(41-53)56(45-26-11-3-12-27-45)46-28-13-4-14-29-46)54-39-21-36-51(42-54)57(47-30-15-5-16-31-47)48-32-17-6-18-33-48/h1-42H. The number of hydrogen-bond acceptors (Lipinski definition) is 4. The molecule has 284 valence electrons. The molecule has 9 rings (SSSR count). The predicted octanol–water partition coefficient (Wildman–Crippen LogP) is 13.7. The second-order valence-corrected chi connectivity index (χ2v) is 17.0. The summed E-state index contributed by atoms with van der Waals surface area (Å²) in [6.07, 6.45) is 0. The van der Waals surface area contributed by atoms with Crippen LogP contribution in [-0.2, 0) is 4.57 Å². The molecule has 0 radical (unpaired) electrons. The fourth-order valence-corrected chi connectivity index (χ4v) is 10.5. The molecule has 0 spiro atoms. The van der Waals surface area contributed by atoms with Gasteiger partial charge in [0.15, 0.2) is 7.14 Å². The molecule has 0 heterocycles. The fraction of sp³-hybridized carbons (Fsp3) is 0. The zero-order chi connectivity index (χ0) is 39.9. The summed E-state index contributed by atoms with van der Waals surface area (Å²) in [4.78, 5) is 6.67. The van der Waals surface area contributed by atoms with E-state index in [0.29, 0.717) is 0 Å². The van der Waals surface area contributed by atoms with Crippen molar-refractivity contribution in [2.75, 3.05) is 14.7 Å². The minimum Gasteiger partial charge on any atom is -0.310 e. The molecule has 9 aromatic rings. The van der Waals surface area contributed by atoms with Crippen LogP contribution in [0.25, 0.3) is 0 Å². The summed E-state index contributed by atoms with van der Waals surface area (Å²) in [6.45, 7) is 0. The van der Waals surface area contributed by atoms with E-state index in [-0.39, 0.29) is 0 Å². The Hall–Kier alpha value is -7.39. The van der Waals surface area contributed by atoms with Gasteiger partial charge in [0.25, 0.3) is 0 Å². The van der Waals surface area contributed by atoms with Crippen LogP contribution in [0.15, 0.2) is 255 Å². The summed E-state index contributed by atoms with van der Waals surface area (Å²) >= 11 is 0. The number of hydrogen-bond donors (Lipinski definition) is 0. The second-order valence-electron chi connectivity index (χ2n) is 14.2. The number of benzene rings is 9. The Bertz CT molecular complexity index is 2380. The average molecular weight is 780 g/mol. The summed E-state index contributed by atoms with van der Waals surface area (Å²) in [7, 11) is -3.61. The normalized spacial score (nSPS) is 11.1. The van der Waals surface area contributed by atoms with Gasteiger partial charge in [-0.25, -0.2) is 0 Å². The van der Waals surface area contributed by atoms with E-state index in [4.69, 9.17) is 0 Å². The van der Waals surface area contributed by atoms with Gasteiger partial charge in [-0.05, 0) is 109 Å². The van der Waals surface area contributed by atoms with Crippen molar-refractivity contribution in [3.8, 4) is 0 Å².